The van der Waals surface area contributed by atoms with Gasteiger partial charge in [0.15, 0.2) is 11.6 Å². The van der Waals surface area contributed by atoms with Crippen molar-refractivity contribution < 1.29 is 9.26 Å². The van der Waals surface area contributed by atoms with Crippen molar-refractivity contribution in [3.8, 4) is 11.5 Å². The summed E-state index contributed by atoms with van der Waals surface area (Å²) in [5.41, 5.74) is 3.93. The molecule has 19 heavy (non-hydrogen) atoms. The summed E-state index contributed by atoms with van der Waals surface area (Å²) in [6, 6.07) is 8.06. The van der Waals surface area contributed by atoms with Crippen molar-refractivity contribution in [2.45, 2.75) is 20.0 Å². The number of nitrogens with zero attached hydrogens (tertiary/aromatic N) is 2. The molecule has 0 spiro atoms. The molecule has 0 radical (unpaired) electrons. The fourth-order valence-electron chi connectivity index (χ4n) is 2.03. The predicted octanol–water partition coefficient (Wildman–Crippen LogP) is 2.93. The van der Waals surface area contributed by atoms with Crippen LogP contribution in [0.1, 0.15) is 18.2 Å². The number of benzene rings is 1. The molecule has 98 valence electrons. The molecule has 0 unspecified atom stereocenters. The molecule has 5 heteroatoms. The minimum Gasteiger partial charge on any atom is -0.377 e. The van der Waals surface area contributed by atoms with Gasteiger partial charge in [-0.15, -0.1) is 0 Å². The molecule has 0 aliphatic heterocycles. The minimum atomic E-state index is 0.410. The van der Waals surface area contributed by atoms with Crippen molar-refractivity contribution in [3.63, 3.8) is 0 Å². The van der Waals surface area contributed by atoms with Crippen LogP contribution in [0.25, 0.3) is 22.6 Å². The van der Waals surface area contributed by atoms with Crippen molar-refractivity contribution in [2.24, 2.45) is 0 Å². The first kappa shape index (κ1) is 11.9. The maximum Gasteiger partial charge on any atom is 0.163 e. The Morgan fingerprint density at radius 3 is 3.00 bits per heavy atom. The highest BCUT2D eigenvalue weighted by molar-refractivity contribution is 5.79. The largest absolute Gasteiger partial charge is 0.377 e. The molecule has 0 saturated heterocycles. The number of hydrogen-bond acceptors (Lipinski definition) is 4. The van der Waals surface area contributed by atoms with Crippen LogP contribution in [0.15, 0.2) is 28.8 Å². The zero-order valence-electron chi connectivity index (χ0n) is 10.9. The Balaban J connectivity index is 1.99. The van der Waals surface area contributed by atoms with E-state index >= 15 is 0 Å². The first-order chi connectivity index (χ1) is 9.30. The standard InChI is InChI=1S/C14H15N3O2/c1-3-9-4-5-11-12(6-9)16-14(15-11)13-7-10(8-18-2)19-17-13/h4-7H,3,8H2,1-2H3,(H,15,16). The van der Waals surface area contributed by atoms with Gasteiger partial charge in [0.05, 0.1) is 11.0 Å². The molecule has 1 aromatic carbocycles. The number of ether oxygens (including phenoxy) is 1. The number of rotatable bonds is 4. The first-order valence-electron chi connectivity index (χ1n) is 6.23. The zero-order chi connectivity index (χ0) is 13.2. The second kappa shape index (κ2) is 4.85. The van der Waals surface area contributed by atoms with Crippen LogP contribution >= 0.6 is 0 Å². The quantitative estimate of drug-likeness (QED) is 0.780. The molecular formula is C14H15N3O2. The van der Waals surface area contributed by atoms with Gasteiger partial charge < -0.3 is 14.2 Å². The van der Waals surface area contributed by atoms with Gasteiger partial charge in [-0.25, -0.2) is 4.98 Å². The highest BCUT2D eigenvalue weighted by atomic mass is 16.5. The number of hydrogen-bond donors (Lipinski definition) is 1. The second-order valence-corrected chi connectivity index (χ2v) is 4.40. The van der Waals surface area contributed by atoms with Crippen LogP contribution in [0.4, 0.5) is 0 Å². The van der Waals surface area contributed by atoms with Gasteiger partial charge in [-0.1, -0.05) is 18.1 Å². The molecule has 0 aliphatic rings. The Kier molecular flexibility index (Phi) is 3.05. The van der Waals surface area contributed by atoms with E-state index in [-0.39, 0.29) is 0 Å². The summed E-state index contributed by atoms with van der Waals surface area (Å²) in [6.45, 7) is 2.54. The second-order valence-electron chi connectivity index (χ2n) is 4.40. The van der Waals surface area contributed by atoms with E-state index in [0.717, 1.165) is 17.5 Å². The fourth-order valence-corrected chi connectivity index (χ4v) is 2.03. The number of H-pyrrole nitrogens is 1. The average molecular weight is 257 g/mol. The third-order valence-corrected chi connectivity index (χ3v) is 3.04. The summed E-state index contributed by atoms with van der Waals surface area (Å²) in [4.78, 5) is 7.78. The maximum atomic E-state index is 5.17. The number of methoxy groups -OCH3 is 1. The fraction of sp³-hybridized carbons (Fsp3) is 0.286. The van der Waals surface area contributed by atoms with Gasteiger partial charge in [-0.05, 0) is 24.1 Å². The summed E-state index contributed by atoms with van der Waals surface area (Å²) in [5.74, 6) is 1.40. The molecule has 3 aromatic rings. The molecule has 0 amide bonds. The molecule has 0 bridgehead atoms. The summed E-state index contributed by atoms with van der Waals surface area (Å²) in [5, 5.41) is 3.99. The van der Waals surface area contributed by atoms with Gasteiger partial charge in [0.25, 0.3) is 0 Å². The molecule has 5 nitrogen and oxygen atoms in total. The van der Waals surface area contributed by atoms with Crippen LogP contribution in [-0.2, 0) is 17.8 Å². The predicted molar refractivity (Wildman–Crippen MR) is 71.7 cm³/mol. The molecule has 0 atom stereocenters. The van der Waals surface area contributed by atoms with Crippen molar-refractivity contribution >= 4 is 11.0 Å². The lowest BCUT2D eigenvalue weighted by atomic mass is 10.1. The van der Waals surface area contributed by atoms with E-state index in [4.69, 9.17) is 9.26 Å². The van der Waals surface area contributed by atoms with Crippen molar-refractivity contribution in [3.05, 3.63) is 35.6 Å². The van der Waals surface area contributed by atoms with Crippen molar-refractivity contribution in [2.75, 3.05) is 7.11 Å². The van der Waals surface area contributed by atoms with E-state index in [1.165, 1.54) is 5.56 Å². The maximum absolute atomic E-state index is 5.17. The van der Waals surface area contributed by atoms with E-state index < -0.39 is 0 Å². The van der Waals surface area contributed by atoms with E-state index in [9.17, 15) is 0 Å². The van der Waals surface area contributed by atoms with Crippen molar-refractivity contribution in [1.29, 1.82) is 0 Å². The lowest BCUT2D eigenvalue weighted by molar-refractivity contribution is 0.156. The number of aromatic amines is 1. The highest BCUT2D eigenvalue weighted by Crippen LogP contribution is 2.21. The zero-order valence-corrected chi connectivity index (χ0v) is 10.9. The summed E-state index contributed by atoms with van der Waals surface area (Å²) < 4.78 is 10.2. The van der Waals surface area contributed by atoms with Crippen molar-refractivity contribution in [1.82, 2.24) is 15.1 Å². The monoisotopic (exact) mass is 257 g/mol. The third-order valence-electron chi connectivity index (χ3n) is 3.04. The summed E-state index contributed by atoms with van der Waals surface area (Å²) in [6.07, 6.45) is 1.01. The van der Waals surface area contributed by atoms with Crippen LogP contribution in [0, 0.1) is 0 Å². The average Bonchev–Trinajstić information content (AvgIpc) is 3.03. The van der Waals surface area contributed by atoms with Crippen LogP contribution in [0.3, 0.4) is 0 Å². The number of nitrogens with one attached hydrogen (secondary N) is 1. The Morgan fingerprint density at radius 1 is 1.32 bits per heavy atom. The Labute approximate surface area is 110 Å². The molecule has 0 aliphatic carbocycles. The van der Waals surface area contributed by atoms with E-state index in [0.29, 0.717) is 23.9 Å². The number of aryl methyl sites for hydroxylation is 1. The topological polar surface area (TPSA) is 63.9 Å². The minimum absolute atomic E-state index is 0.410. The SMILES string of the molecule is CCc1ccc2nc(-c3cc(COC)on3)[nH]c2c1. The van der Waals surface area contributed by atoms with E-state index in [1.54, 1.807) is 7.11 Å². The van der Waals surface area contributed by atoms with Gasteiger partial charge in [0.2, 0.25) is 0 Å². The van der Waals surface area contributed by atoms with Gasteiger partial charge in [-0.2, -0.15) is 0 Å². The summed E-state index contributed by atoms with van der Waals surface area (Å²) >= 11 is 0. The molecule has 3 rings (SSSR count). The molecule has 0 saturated carbocycles. The van der Waals surface area contributed by atoms with Crippen LogP contribution < -0.4 is 0 Å². The number of fused-ring (bicyclic) bond motifs is 1. The third kappa shape index (κ3) is 2.24. The molecule has 1 N–H and O–H groups in total. The van der Waals surface area contributed by atoms with Crippen LogP contribution in [0.5, 0.6) is 0 Å². The molecule has 2 aromatic heterocycles. The Hall–Kier alpha value is -2.14. The number of aromatic nitrogens is 3. The van der Waals surface area contributed by atoms with Gasteiger partial charge in [0, 0.05) is 13.2 Å². The molecule has 2 heterocycles. The smallest absolute Gasteiger partial charge is 0.163 e. The molecule has 0 fully saturated rings. The van der Waals surface area contributed by atoms with Gasteiger partial charge in [-0.3, -0.25) is 0 Å². The van der Waals surface area contributed by atoms with Gasteiger partial charge in [0.1, 0.15) is 12.3 Å². The normalized spacial score (nSPS) is 11.3. The summed E-state index contributed by atoms with van der Waals surface area (Å²) in [7, 11) is 1.62. The Bertz CT molecular complexity index is 700. The van der Waals surface area contributed by atoms with E-state index in [1.807, 2.05) is 12.1 Å². The lowest BCUT2D eigenvalue weighted by Crippen LogP contribution is -1.82. The lowest BCUT2D eigenvalue weighted by Gasteiger charge is -1.93. The highest BCUT2D eigenvalue weighted by Gasteiger charge is 2.11. The first-order valence-corrected chi connectivity index (χ1v) is 6.23. The van der Waals surface area contributed by atoms with E-state index in [2.05, 4.69) is 34.2 Å². The number of imidazole rings is 1. The Morgan fingerprint density at radius 2 is 2.21 bits per heavy atom. The van der Waals surface area contributed by atoms with Crippen LogP contribution in [0.2, 0.25) is 0 Å². The van der Waals surface area contributed by atoms with Crippen LogP contribution in [-0.4, -0.2) is 22.2 Å². The molecular weight excluding hydrogens is 242 g/mol. The van der Waals surface area contributed by atoms with Gasteiger partial charge >= 0.3 is 0 Å².